The lowest BCUT2D eigenvalue weighted by atomic mass is 9.78. The lowest BCUT2D eigenvalue weighted by Crippen LogP contribution is -2.46. The van der Waals surface area contributed by atoms with Gasteiger partial charge in [0.1, 0.15) is 0 Å². The predicted molar refractivity (Wildman–Crippen MR) is 26.1 cm³/mol. The summed E-state index contributed by atoms with van der Waals surface area (Å²) < 4.78 is 34.9. The van der Waals surface area contributed by atoms with Crippen molar-refractivity contribution >= 4 is 12.9 Å². The van der Waals surface area contributed by atoms with Gasteiger partial charge in [-0.3, -0.25) is 4.79 Å². The van der Waals surface area contributed by atoms with Crippen molar-refractivity contribution in [3.8, 4) is 0 Å². The van der Waals surface area contributed by atoms with Crippen molar-refractivity contribution < 1.29 is 28.0 Å². The molecule has 0 aliphatic heterocycles. The van der Waals surface area contributed by atoms with E-state index in [1.165, 1.54) is 0 Å². The number of carbonyl (C=O) groups is 1. The van der Waals surface area contributed by atoms with Gasteiger partial charge in [0.25, 0.3) is 0 Å². The highest BCUT2D eigenvalue weighted by Crippen LogP contribution is 2.15. The minimum atomic E-state index is -4.39. The van der Waals surface area contributed by atoms with Crippen LogP contribution in [0.3, 0.4) is 0 Å². The second kappa shape index (κ2) is 3.02. The average Bonchev–Trinajstić information content (AvgIpc) is 1.86. The fourth-order valence-corrected chi connectivity index (χ4v) is 0.233. The number of alkyl halides is 3. The predicted octanol–water partition coefficient (Wildman–Crippen LogP) is -0.828. The molecule has 0 fully saturated rings. The summed E-state index contributed by atoms with van der Waals surface area (Å²) in [6.07, 6.45) is 0. The number of carbonyl (C=O) groups excluding carboxylic acids is 1. The molecule has 0 atom stereocenters. The molecule has 0 aromatic heterocycles. The van der Waals surface area contributed by atoms with E-state index in [4.69, 9.17) is 10.0 Å². The first-order chi connectivity index (χ1) is 4.42. The minimum Gasteiger partial charge on any atom is -0.423 e. The Morgan fingerprint density at radius 1 is 1.50 bits per heavy atom. The van der Waals surface area contributed by atoms with Crippen molar-refractivity contribution in [2.75, 3.05) is 6.67 Å². The zero-order valence-corrected chi connectivity index (χ0v) is 4.72. The highest BCUT2D eigenvalue weighted by molar-refractivity contribution is 6.50. The van der Waals surface area contributed by atoms with Crippen LogP contribution in [0.1, 0.15) is 0 Å². The van der Waals surface area contributed by atoms with Crippen molar-refractivity contribution in [2.45, 2.75) is 5.82 Å². The molecule has 3 nitrogen and oxygen atoms in total. The zero-order valence-electron chi connectivity index (χ0n) is 4.72. The molecule has 0 aromatic rings. The molecule has 10 heavy (non-hydrogen) atoms. The van der Waals surface area contributed by atoms with Gasteiger partial charge in [-0.25, -0.2) is 13.2 Å². The smallest absolute Gasteiger partial charge is 0.423 e. The summed E-state index contributed by atoms with van der Waals surface area (Å²) in [5.41, 5.74) is 0. The van der Waals surface area contributed by atoms with E-state index < -0.39 is 25.4 Å². The van der Waals surface area contributed by atoms with Crippen molar-refractivity contribution in [3.05, 3.63) is 0 Å². The molecule has 0 aliphatic carbocycles. The molecule has 0 unspecified atom stereocenters. The Kier molecular flexibility index (Phi) is 2.85. The van der Waals surface area contributed by atoms with Crippen molar-refractivity contribution in [1.29, 1.82) is 0 Å². The Labute approximate surface area is 54.6 Å². The van der Waals surface area contributed by atoms with E-state index in [9.17, 15) is 18.0 Å². The van der Waals surface area contributed by atoms with Gasteiger partial charge in [-0.2, -0.15) is 0 Å². The van der Waals surface area contributed by atoms with Crippen molar-refractivity contribution in [3.63, 3.8) is 0 Å². The Hall–Kier alpha value is -0.555. The van der Waals surface area contributed by atoms with E-state index in [1.54, 1.807) is 0 Å². The van der Waals surface area contributed by atoms with Gasteiger partial charge in [0.2, 0.25) is 5.78 Å². The summed E-state index contributed by atoms with van der Waals surface area (Å²) in [6, 6.07) is 0. The molecule has 58 valence electrons. The van der Waals surface area contributed by atoms with E-state index in [1.807, 2.05) is 0 Å². The van der Waals surface area contributed by atoms with E-state index in [2.05, 4.69) is 0 Å². The van der Waals surface area contributed by atoms with Gasteiger partial charge in [-0.05, 0) is 0 Å². The Bertz CT molecular complexity index is 137. The third-order valence-electron chi connectivity index (χ3n) is 0.817. The summed E-state index contributed by atoms with van der Waals surface area (Å²) in [7, 11) is -3.13. The molecule has 0 aliphatic rings. The summed E-state index contributed by atoms with van der Waals surface area (Å²) in [4.78, 5) is 9.83. The first-order valence-electron chi connectivity index (χ1n) is 2.26. The van der Waals surface area contributed by atoms with Crippen LogP contribution in [-0.2, 0) is 4.79 Å². The van der Waals surface area contributed by atoms with Gasteiger partial charge in [-0.15, -0.1) is 0 Å². The molecular weight excluding hydrogens is 152 g/mol. The van der Waals surface area contributed by atoms with Gasteiger partial charge < -0.3 is 10.0 Å². The summed E-state index contributed by atoms with van der Waals surface area (Å²) >= 11 is 0. The molecule has 0 amide bonds. The normalized spacial score (nSPS) is 11.3. The van der Waals surface area contributed by atoms with Crippen LogP contribution in [0.15, 0.2) is 0 Å². The highest BCUT2D eigenvalue weighted by atomic mass is 19.3. The molecule has 0 saturated heterocycles. The molecule has 0 rings (SSSR count). The Morgan fingerprint density at radius 2 is 1.90 bits per heavy atom. The maximum atomic E-state index is 11.9. The van der Waals surface area contributed by atoms with Crippen LogP contribution in [0.5, 0.6) is 0 Å². The fraction of sp³-hybridized carbons (Fsp3) is 0.667. The van der Waals surface area contributed by atoms with Gasteiger partial charge in [0.15, 0.2) is 6.67 Å². The fourth-order valence-electron chi connectivity index (χ4n) is 0.233. The second-order valence-electron chi connectivity index (χ2n) is 1.55. The van der Waals surface area contributed by atoms with E-state index in [0.29, 0.717) is 0 Å². The van der Waals surface area contributed by atoms with Crippen LogP contribution in [0.25, 0.3) is 0 Å². The van der Waals surface area contributed by atoms with Crippen LogP contribution in [-0.4, -0.2) is 35.4 Å². The van der Waals surface area contributed by atoms with E-state index >= 15 is 0 Å². The number of ketones is 1. The third kappa shape index (κ3) is 1.71. The molecule has 0 heterocycles. The highest BCUT2D eigenvalue weighted by Gasteiger charge is 2.50. The standard InChI is InChI=1S/C3H4BF3O3/c5-1-2(8)3(6,7)4(9)10/h9-10H,1H2. The lowest BCUT2D eigenvalue weighted by molar-refractivity contribution is -0.136. The average molecular weight is 156 g/mol. The molecular formula is C3H4BF3O3. The molecule has 0 bridgehead atoms. The monoisotopic (exact) mass is 156 g/mol. The van der Waals surface area contributed by atoms with Gasteiger partial charge in [0, 0.05) is 0 Å². The largest absolute Gasteiger partial charge is 0.538 e. The van der Waals surface area contributed by atoms with Gasteiger partial charge in [-0.1, -0.05) is 0 Å². The molecule has 0 aromatic carbocycles. The molecule has 2 N–H and O–H groups in total. The minimum absolute atomic E-state index is 1.91. The number of halogens is 3. The van der Waals surface area contributed by atoms with Crippen LogP contribution in [0.2, 0.25) is 0 Å². The van der Waals surface area contributed by atoms with Crippen LogP contribution in [0.4, 0.5) is 13.2 Å². The third-order valence-corrected chi connectivity index (χ3v) is 0.817. The van der Waals surface area contributed by atoms with Crippen molar-refractivity contribution in [1.82, 2.24) is 0 Å². The quantitative estimate of drug-likeness (QED) is 0.524. The topological polar surface area (TPSA) is 57.5 Å². The lowest BCUT2D eigenvalue weighted by Gasteiger charge is -2.09. The number of Topliss-reactive ketones (excluding diaryl/α,β-unsaturated/α-hetero) is 1. The first-order valence-corrected chi connectivity index (χ1v) is 2.26. The molecule has 7 heteroatoms. The number of rotatable bonds is 3. The zero-order chi connectivity index (χ0) is 8.36. The SMILES string of the molecule is O=C(CF)C(F)(F)B(O)O. The van der Waals surface area contributed by atoms with Crippen LogP contribution in [0, 0.1) is 0 Å². The number of hydrogen-bond acceptors (Lipinski definition) is 3. The maximum absolute atomic E-state index is 11.9. The molecule has 0 saturated carbocycles. The van der Waals surface area contributed by atoms with Crippen LogP contribution < -0.4 is 0 Å². The van der Waals surface area contributed by atoms with Crippen LogP contribution >= 0.6 is 0 Å². The summed E-state index contributed by atoms with van der Waals surface area (Å²) in [5.74, 6) is -6.53. The van der Waals surface area contributed by atoms with Gasteiger partial charge in [0.05, 0.1) is 0 Å². The molecule has 0 radical (unpaired) electrons. The summed E-state index contributed by atoms with van der Waals surface area (Å²) in [6.45, 7) is -1.91. The maximum Gasteiger partial charge on any atom is 0.538 e. The Morgan fingerprint density at radius 3 is 2.00 bits per heavy atom. The van der Waals surface area contributed by atoms with E-state index in [-0.39, 0.29) is 0 Å². The second-order valence-corrected chi connectivity index (χ2v) is 1.55. The van der Waals surface area contributed by atoms with Gasteiger partial charge >= 0.3 is 12.9 Å². The Balaban J connectivity index is 4.24. The van der Waals surface area contributed by atoms with E-state index in [0.717, 1.165) is 0 Å². The van der Waals surface area contributed by atoms with Crippen molar-refractivity contribution in [2.24, 2.45) is 0 Å². The summed E-state index contributed by atoms with van der Waals surface area (Å²) in [5, 5.41) is 15.6. The number of hydrogen-bond donors (Lipinski definition) is 2. The first kappa shape index (κ1) is 9.44. The molecule has 0 spiro atoms.